The predicted molar refractivity (Wildman–Crippen MR) is 97.0 cm³/mol. The van der Waals surface area contributed by atoms with Gasteiger partial charge in [0.05, 0.1) is 12.1 Å². The maximum atomic E-state index is 13.0. The fourth-order valence-corrected chi connectivity index (χ4v) is 3.62. The average Bonchev–Trinajstić information content (AvgIpc) is 3.26. The van der Waals surface area contributed by atoms with Crippen molar-refractivity contribution in [1.82, 2.24) is 29.7 Å². The molecule has 8 nitrogen and oxygen atoms in total. The molecule has 1 amide bonds. The van der Waals surface area contributed by atoms with Crippen LogP contribution in [0.2, 0.25) is 0 Å². The number of amides is 1. The summed E-state index contributed by atoms with van der Waals surface area (Å²) in [6, 6.07) is 3.77. The Bertz CT molecular complexity index is 954. The Balaban J connectivity index is 1.36. The molecule has 5 rings (SSSR count). The van der Waals surface area contributed by atoms with Gasteiger partial charge in [0.2, 0.25) is 5.89 Å². The molecule has 5 heterocycles. The second kappa shape index (κ2) is 6.62. The zero-order chi connectivity index (χ0) is 18.2. The van der Waals surface area contributed by atoms with E-state index in [1.54, 1.807) is 17.3 Å². The van der Waals surface area contributed by atoms with Crippen molar-refractivity contribution >= 4 is 5.91 Å². The minimum absolute atomic E-state index is 0.0416. The number of nitrogens with one attached hydrogen (secondary N) is 1. The molecule has 2 aliphatic rings. The molecular formula is C19H20N6O2. The molecule has 0 saturated carbocycles. The largest absolute Gasteiger partial charge is 0.441 e. The lowest BCUT2D eigenvalue weighted by Gasteiger charge is -2.24. The molecular weight excluding hydrogens is 344 g/mol. The standard InChI is InChI=1S/C19H20N6O2/c26-19(15-12-24-9-7-20-6-3-17(24)22-15)25-8-4-16-14(11-25)23-18(27-16)13-2-1-5-21-10-13/h1-2,5,10,12,20H,3-4,6-9,11H2. The van der Waals surface area contributed by atoms with Gasteiger partial charge in [0.25, 0.3) is 5.91 Å². The van der Waals surface area contributed by atoms with Crippen LogP contribution < -0.4 is 5.32 Å². The van der Waals surface area contributed by atoms with Crippen LogP contribution in [0, 0.1) is 0 Å². The second-order valence-corrected chi connectivity index (χ2v) is 6.84. The molecule has 3 aromatic rings. The Hall–Kier alpha value is -3.00. The van der Waals surface area contributed by atoms with Gasteiger partial charge in [-0.05, 0) is 12.1 Å². The van der Waals surface area contributed by atoms with E-state index < -0.39 is 0 Å². The molecule has 0 aromatic carbocycles. The van der Waals surface area contributed by atoms with Gasteiger partial charge in [0.1, 0.15) is 23.0 Å². The third-order valence-electron chi connectivity index (χ3n) is 5.06. The number of hydrogen-bond donors (Lipinski definition) is 1. The third kappa shape index (κ3) is 3.02. The number of carbonyl (C=O) groups excluding carboxylic acids is 1. The van der Waals surface area contributed by atoms with Gasteiger partial charge in [-0.2, -0.15) is 0 Å². The van der Waals surface area contributed by atoms with Gasteiger partial charge in [-0.1, -0.05) is 0 Å². The number of nitrogens with zero attached hydrogens (tertiary/aromatic N) is 5. The number of rotatable bonds is 2. The molecule has 0 radical (unpaired) electrons. The van der Waals surface area contributed by atoms with Gasteiger partial charge in [-0.3, -0.25) is 9.78 Å². The Morgan fingerprint density at radius 2 is 2.15 bits per heavy atom. The Morgan fingerprint density at radius 3 is 3.04 bits per heavy atom. The quantitative estimate of drug-likeness (QED) is 0.737. The summed E-state index contributed by atoms with van der Waals surface area (Å²) in [6.45, 7) is 3.70. The summed E-state index contributed by atoms with van der Waals surface area (Å²) in [4.78, 5) is 28.0. The van der Waals surface area contributed by atoms with Crippen LogP contribution in [0.3, 0.4) is 0 Å². The average molecular weight is 364 g/mol. The van der Waals surface area contributed by atoms with E-state index in [-0.39, 0.29) is 5.91 Å². The predicted octanol–water partition coefficient (Wildman–Crippen LogP) is 1.28. The van der Waals surface area contributed by atoms with Crippen LogP contribution in [0.1, 0.15) is 27.8 Å². The number of aromatic nitrogens is 4. The summed E-state index contributed by atoms with van der Waals surface area (Å²) in [6.07, 6.45) is 6.83. The van der Waals surface area contributed by atoms with Crippen molar-refractivity contribution in [1.29, 1.82) is 0 Å². The van der Waals surface area contributed by atoms with Gasteiger partial charge >= 0.3 is 0 Å². The van der Waals surface area contributed by atoms with Gasteiger partial charge in [-0.25, -0.2) is 9.97 Å². The highest BCUT2D eigenvalue weighted by Crippen LogP contribution is 2.26. The maximum absolute atomic E-state index is 13.0. The van der Waals surface area contributed by atoms with Crippen LogP contribution >= 0.6 is 0 Å². The van der Waals surface area contributed by atoms with Gasteiger partial charge < -0.3 is 19.2 Å². The minimum atomic E-state index is -0.0416. The summed E-state index contributed by atoms with van der Waals surface area (Å²) in [5.41, 5.74) is 2.18. The first kappa shape index (κ1) is 16.2. The fraction of sp³-hybridized carbons (Fsp3) is 0.368. The SMILES string of the molecule is O=C(c1cn2c(n1)CCNCC2)N1CCc2oc(-c3cccnc3)nc2C1. The van der Waals surface area contributed by atoms with Crippen molar-refractivity contribution in [3.05, 3.63) is 53.7 Å². The van der Waals surface area contributed by atoms with Crippen LogP contribution in [0.25, 0.3) is 11.5 Å². The van der Waals surface area contributed by atoms with E-state index >= 15 is 0 Å². The van der Waals surface area contributed by atoms with Crippen molar-refractivity contribution in [3.8, 4) is 11.5 Å². The molecule has 0 atom stereocenters. The molecule has 0 spiro atoms. The molecule has 0 aliphatic carbocycles. The molecule has 3 aromatic heterocycles. The van der Waals surface area contributed by atoms with Crippen molar-refractivity contribution in [2.75, 3.05) is 19.6 Å². The smallest absolute Gasteiger partial charge is 0.274 e. The minimum Gasteiger partial charge on any atom is -0.441 e. The summed E-state index contributed by atoms with van der Waals surface area (Å²) in [5.74, 6) is 2.34. The highest BCUT2D eigenvalue weighted by Gasteiger charge is 2.28. The monoisotopic (exact) mass is 364 g/mol. The van der Waals surface area contributed by atoms with E-state index in [2.05, 4.69) is 24.8 Å². The molecule has 8 heteroatoms. The third-order valence-corrected chi connectivity index (χ3v) is 5.06. The summed E-state index contributed by atoms with van der Waals surface area (Å²) >= 11 is 0. The van der Waals surface area contributed by atoms with Crippen molar-refractivity contribution in [3.63, 3.8) is 0 Å². The zero-order valence-electron chi connectivity index (χ0n) is 14.9. The fourth-order valence-electron chi connectivity index (χ4n) is 3.62. The topological polar surface area (TPSA) is 89.1 Å². The first-order valence-corrected chi connectivity index (χ1v) is 9.23. The zero-order valence-corrected chi connectivity index (χ0v) is 14.9. The number of fused-ring (bicyclic) bond motifs is 2. The van der Waals surface area contributed by atoms with E-state index in [4.69, 9.17) is 4.42 Å². The van der Waals surface area contributed by atoms with E-state index in [0.29, 0.717) is 31.1 Å². The molecule has 0 fully saturated rings. The molecule has 0 bridgehead atoms. The van der Waals surface area contributed by atoms with E-state index in [0.717, 1.165) is 48.9 Å². The lowest BCUT2D eigenvalue weighted by Crippen LogP contribution is -2.36. The van der Waals surface area contributed by atoms with Crippen LogP contribution in [-0.2, 0) is 25.9 Å². The summed E-state index contributed by atoms with van der Waals surface area (Å²) in [7, 11) is 0. The lowest BCUT2D eigenvalue weighted by molar-refractivity contribution is 0.0722. The van der Waals surface area contributed by atoms with Gasteiger partial charge in [0, 0.05) is 57.6 Å². The molecule has 27 heavy (non-hydrogen) atoms. The van der Waals surface area contributed by atoms with Crippen LogP contribution in [-0.4, -0.2) is 50.0 Å². The second-order valence-electron chi connectivity index (χ2n) is 6.84. The van der Waals surface area contributed by atoms with Crippen molar-refractivity contribution in [2.45, 2.75) is 25.9 Å². The molecule has 1 N–H and O–H groups in total. The Kier molecular flexibility index (Phi) is 3.97. The summed E-state index contributed by atoms with van der Waals surface area (Å²) in [5, 5.41) is 3.34. The Morgan fingerprint density at radius 1 is 1.19 bits per heavy atom. The molecule has 0 saturated heterocycles. The first-order valence-electron chi connectivity index (χ1n) is 9.23. The first-order chi connectivity index (χ1) is 13.3. The van der Waals surface area contributed by atoms with Crippen LogP contribution in [0.15, 0.2) is 35.1 Å². The highest BCUT2D eigenvalue weighted by molar-refractivity contribution is 5.92. The van der Waals surface area contributed by atoms with E-state index in [1.807, 2.05) is 18.3 Å². The number of carbonyl (C=O) groups is 1. The molecule has 138 valence electrons. The van der Waals surface area contributed by atoms with Crippen LogP contribution in [0.4, 0.5) is 0 Å². The number of hydrogen-bond acceptors (Lipinski definition) is 6. The van der Waals surface area contributed by atoms with Gasteiger partial charge in [0.15, 0.2) is 0 Å². The summed E-state index contributed by atoms with van der Waals surface area (Å²) < 4.78 is 7.97. The molecule has 2 aliphatic heterocycles. The lowest BCUT2D eigenvalue weighted by atomic mass is 10.1. The Labute approximate surface area is 156 Å². The van der Waals surface area contributed by atoms with Crippen molar-refractivity contribution < 1.29 is 9.21 Å². The van der Waals surface area contributed by atoms with E-state index in [9.17, 15) is 4.79 Å². The normalized spacial score (nSPS) is 16.5. The van der Waals surface area contributed by atoms with Crippen molar-refractivity contribution in [2.24, 2.45) is 0 Å². The maximum Gasteiger partial charge on any atom is 0.274 e. The number of oxazole rings is 1. The molecule has 0 unspecified atom stereocenters. The van der Waals surface area contributed by atoms with Gasteiger partial charge in [-0.15, -0.1) is 0 Å². The number of imidazole rings is 1. The van der Waals surface area contributed by atoms with E-state index in [1.165, 1.54) is 0 Å². The highest BCUT2D eigenvalue weighted by atomic mass is 16.4. The van der Waals surface area contributed by atoms with Crippen LogP contribution in [0.5, 0.6) is 0 Å². The number of pyridine rings is 1.